The number of imidazole rings is 1. The molecule has 1 aromatic carbocycles. The molecule has 1 aromatic heterocycles. The Hall–Kier alpha value is -1.69. The Morgan fingerprint density at radius 3 is 2.94 bits per heavy atom. The molecule has 0 atom stereocenters. The van der Waals surface area contributed by atoms with E-state index in [2.05, 4.69) is 4.98 Å². The molecule has 18 heavy (non-hydrogen) atoms. The van der Waals surface area contributed by atoms with Crippen LogP contribution < -0.4 is 5.73 Å². The molecule has 0 radical (unpaired) electrons. The number of ether oxygens (including phenoxy) is 1. The van der Waals surface area contributed by atoms with E-state index in [1.807, 2.05) is 25.1 Å². The minimum absolute atomic E-state index is 0.188. The van der Waals surface area contributed by atoms with Gasteiger partial charge >= 0.3 is 0 Å². The summed E-state index contributed by atoms with van der Waals surface area (Å²) in [6.45, 7) is 2.00. The zero-order chi connectivity index (χ0) is 13.1. The summed E-state index contributed by atoms with van der Waals surface area (Å²) < 4.78 is 30.5. The summed E-state index contributed by atoms with van der Waals surface area (Å²) in [4.78, 5) is 4.26. The van der Waals surface area contributed by atoms with Crippen LogP contribution in [0.15, 0.2) is 18.2 Å². The van der Waals surface area contributed by atoms with E-state index in [0.29, 0.717) is 12.5 Å². The van der Waals surface area contributed by atoms with E-state index in [4.69, 9.17) is 10.5 Å². The van der Waals surface area contributed by atoms with Crippen LogP contribution in [0.1, 0.15) is 5.56 Å². The van der Waals surface area contributed by atoms with Gasteiger partial charge in [-0.05, 0) is 18.6 Å². The number of para-hydroxylation sites is 1. The van der Waals surface area contributed by atoms with Crippen molar-refractivity contribution in [2.24, 2.45) is 0 Å². The van der Waals surface area contributed by atoms with Crippen LogP contribution in [0.2, 0.25) is 0 Å². The lowest BCUT2D eigenvalue weighted by molar-refractivity contribution is 0.0151. The molecule has 0 unspecified atom stereocenters. The number of nitrogens with two attached hydrogens (primary N) is 1. The van der Waals surface area contributed by atoms with Gasteiger partial charge in [-0.2, -0.15) is 0 Å². The van der Waals surface area contributed by atoms with E-state index in [9.17, 15) is 8.78 Å². The SMILES string of the molecule is Cc1cccc2c1nc(N)n2CCOCC(F)F. The first-order chi connectivity index (χ1) is 8.59. The molecule has 0 amide bonds. The van der Waals surface area contributed by atoms with Crippen LogP contribution in [0.25, 0.3) is 11.0 Å². The number of aryl methyl sites for hydroxylation is 1. The number of hydrogen-bond donors (Lipinski definition) is 1. The van der Waals surface area contributed by atoms with Gasteiger partial charge in [0.1, 0.15) is 6.61 Å². The van der Waals surface area contributed by atoms with Gasteiger partial charge in [0.2, 0.25) is 5.95 Å². The topological polar surface area (TPSA) is 53.1 Å². The number of hydrogen-bond acceptors (Lipinski definition) is 3. The molecule has 2 aromatic rings. The predicted octanol–water partition coefficient (Wildman–Crippen LogP) is 2.21. The predicted molar refractivity (Wildman–Crippen MR) is 65.7 cm³/mol. The zero-order valence-electron chi connectivity index (χ0n) is 10.1. The quantitative estimate of drug-likeness (QED) is 0.833. The molecule has 98 valence electrons. The van der Waals surface area contributed by atoms with Gasteiger partial charge in [0.15, 0.2) is 0 Å². The fourth-order valence-corrected chi connectivity index (χ4v) is 1.87. The third-order valence-corrected chi connectivity index (χ3v) is 2.71. The molecule has 0 fully saturated rings. The molecule has 0 aliphatic carbocycles. The Morgan fingerprint density at radius 2 is 2.22 bits per heavy atom. The highest BCUT2D eigenvalue weighted by Crippen LogP contribution is 2.20. The van der Waals surface area contributed by atoms with Crippen molar-refractivity contribution in [3.8, 4) is 0 Å². The second kappa shape index (κ2) is 5.30. The van der Waals surface area contributed by atoms with Crippen LogP contribution in [-0.4, -0.2) is 29.2 Å². The number of rotatable bonds is 5. The Kier molecular flexibility index (Phi) is 3.76. The largest absolute Gasteiger partial charge is 0.374 e. The van der Waals surface area contributed by atoms with Crippen LogP contribution >= 0.6 is 0 Å². The fraction of sp³-hybridized carbons (Fsp3) is 0.417. The van der Waals surface area contributed by atoms with E-state index in [1.165, 1.54) is 0 Å². The maximum Gasteiger partial charge on any atom is 0.261 e. The lowest BCUT2D eigenvalue weighted by atomic mass is 10.2. The molecule has 0 saturated carbocycles. The van der Waals surface area contributed by atoms with E-state index in [-0.39, 0.29) is 6.61 Å². The van der Waals surface area contributed by atoms with Crippen LogP contribution in [0.3, 0.4) is 0 Å². The number of fused-ring (bicyclic) bond motifs is 1. The highest BCUT2D eigenvalue weighted by atomic mass is 19.3. The second-order valence-corrected chi connectivity index (χ2v) is 4.03. The van der Waals surface area contributed by atoms with Crippen LogP contribution in [0, 0.1) is 6.92 Å². The van der Waals surface area contributed by atoms with Gasteiger partial charge in [-0.15, -0.1) is 0 Å². The second-order valence-electron chi connectivity index (χ2n) is 4.03. The summed E-state index contributed by atoms with van der Waals surface area (Å²) >= 11 is 0. The number of anilines is 1. The Morgan fingerprint density at radius 1 is 1.44 bits per heavy atom. The molecule has 1 heterocycles. The molecule has 0 bridgehead atoms. The normalized spacial score (nSPS) is 11.6. The highest BCUT2D eigenvalue weighted by molar-refractivity contribution is 5.81. The molecule has 0 aliphatic rings. The van der Waals surface area contributed by atoms with Crippen molar-refractivity contribution in [2.45, 2.75) is 19.9 Å². The number of halogens is 2. The number of aromatic nitrogens is 2. The molecule has 4 nitrogen and oxygen atoms in total. The standard InChI is InChI=1S/C12H15F2N3O/c1-8-3-2-4-9-11(8)16-12(15)17(9)5-6-18-7-10(13)14/h2-4,10H,5-7H2,1H3,(H2,15,16). The third kappa shape index (κ3) is 2.59. The van der Waals surface area contributed by atoms with Crippen molar-refractivity contribution in [3.05, 3.63) is 23.8 Å². The van der Waals surface area contributed by atoms with Gasteiger partial charge < -0.3 is 15.0 Å². The maximum atomic E-state index is 11.9. The third-order valence-electron chi connectivity index (χ3n) is 2.71. The number of benzene rings is 1. The van der Waals surface area contributed by atoms with Gasteiger partial charge in [0.05, 0.1) is 17.6 Å². The molecular weight excluding hydrogens is 240 g/mol. The van der Waals surface area contributed by atoms with Crippen molar-refractivity contribution in [1.29, 1.82) is 0 Å². The average molecular weight is 255 g/mol. The zero-order valence-corrected chi connectivity index (χ0v) is 10.1. The van der Waals surface area contributed by atoms with Crippen molar-refractivity contribution in [2.75, 3.05) is 18.9 Å². The van der Waals surface area contributed by atoms with Crippen molar-refractivity contribution in [1.82, 2.24) is 9.55 Å². The van der Waals surface area contributed by atoms with Gasteiger partial charge in [0.25, 0.3) is 6.43 Å². The lowest BCUT2D eigenvalue weighted by Crippen LogP contribution is -2.12. The summed E-state index contributed by atoms with van der Waals surface area (Å²) in [7, 11) is 0. The maximum absolute atomic E-state index is 11.9. The van der Waals surface area contributed by atoms with Gasteiger partial charge in [-0.1, -0.05) is 12.1 Å². The van der Waals surface area contributed by atoms with Crippen LogP contribution in [0.4, 0.5) is 14.7 Å². The fourth-order valence-electron chi connectivity index (χ4n) is 1.87. The number of alkyl halides is 2. The molecule has 2 N–H and O–H groups in total. The molecule has 2 rings (SSSR count). The monoisotopic (exact) mass is 255 g/mol. The number of nitrogen functional groups attached to an aromatic ring is 1. The first kappa shape index (κ1) is 12.8. The van der Waals surface area contributed by atoms with Gasteiger partial charge in [0, 0.05) is 6.54 Å². The Bertz CT molecular complexity index is 539. The summed E-state index contributed by atoms with van der Waals surface area (Å²) in [5, 5.41) is 0. The molecule has 0 aliphatic heterocycles. The van der Waals surface area contributed by atoms with Crippen LogP contribution in [0.5, 0.6) is 0 Å². The highest BCUT2D eigenvalue weighted by Gasteiger charge is 2.09. The molecule has 6 heteroatoms. The minimum Gasteiger partial charge on any atom is -0.374 e. The van der Waals surface area contributed by atoms with E-state index >= 15 is 0 Å². The Balaban J connectivity index is 2.13. The average Bonchev–Trinajstić information content (AvgIpc) is 2.63. The van der Waals surface area contributed by atoms with Gasteiger partial charge in [-0.3, -0.25) is 0 Å². The van der Waals surface area contributed by atoms with E-state index in [1.54, 1.807) is 4.57 Å². The van der Waals surface area contributed by atoms with E-state index < -0.39 is 13.0 Å². The first-order valence-electron chi connectivity index (χ1n) is 5.67. The molecular formula is C12H15F2N3O. The Labute approximate surface area is 103 Å². The lowest BCUT2D eigenvalue weighted by Gasteiger charge is -2.07. The van der Waals surface area contributed by atoms with Crippen LogP contribution in [-0.2, 0) is 11.3 Å². The smallest absolute Gasteiger partial charge is 0.261 e. The summed E-state index contributed by atoms with van der Waals surface area (Å²) in [5.41, 5.74) is 8.58. The number of nitrogens with zero attached hydrogens (tertiary/aromatic N) is 2. The van der Waals surface area contributed by atoms with Crippen molar-refractivity contribution < 1.29 is 13.5 Å². The summed E-state index contributed by atoms with van der Waals surface area (Å²) in [6, 6.07) is 5.76. The summed E-state index contributed by atoms with van der Waals surface area (Å²) in [6.07, 6.45) is -2.44. The van der Waals surface area contributed by atoms with Crippen molar-refractivity contribution >= 4 is 17.0 Å². The molecule has 0 saturated heterocycles. The van der Waals surface area contributed by atoms with Gasteiger partial charge in [-0.25, -0.2) is 13.8 Å². The minimum atomic E-state index is -2.44. The molecule has 0 spiro atoms. The van der Waals surface area contributed by atoms with Crippen molar-refractivity contribution in [3.63, 3.8) is 0 Å². The first-order valence-corrected chi connectivity index (χ1v) is 5.67. The summed E-state index contributed by atoms with van der Waals surface area (Å²) in [5.74, 6) is 0.375. The van der Waals surface area contributed by atoms with E-state index in [0.717, 1.165) is 16.6 Å².